The molecule has 270 valence electrons. The Morgan fingerprint density at radius 1 is 1.02 bits per heavy atom. The molecule has 0 aromatic heterocycles. The summed E-state index contributed by atoms with van der Waals surface area (Å²) in [7, 11) is 0. The minimum atomic E-state index is -0.935. The summed E-state index contributed by atoms with van der Waals surface area (Å²) in [5.41, 5.74) is 7.44. The van der Waals surface area contributed by atoms with Crippen LogP contribution in [-0.4, -0.2) is 48.7 Å². The number of fused-ring (bicyclic) bond motifs is 2. The molecule has 3 N–H and O–H groups in total. The van der Waals surface area contributed by atoms with E-state index in [0.29, 0.717) is 66.0 Å². The number of carbonyl (C=O) groups excluding carboxylic acids is 1. The topological polar surface area (TPSA) is 106 Å². The van der Waals surface area contributed by atoms with Crippen molar-refractivity contribution in [2.24, 2.45) is 0 Å². The molecule has 1 amide bonds. The molecule has 51 heavy (non-hydrogen) atoms. The van der Waals surface area contributed by atoms with Crippen LogP contribution >= 0.6 is 23.2 Å². The van der Waals surface area contributed by atoms with Crippen molar-refractivity contribution in [3.8, 4) is 28.4 Å². The molecule has 0 radical (unpaired) electrons. The maximum absolute atomic E-state index is 13.0. The number of nitrogens with one attached hydrogen (secondary N) is 2. The molecule has 3 aromatic carbocycles. The summed E-state index contributed by atoms with van der Waals surface area (Å²) in [6.07, 6.45) is 11.9. The van der Waals surface area contributed by atoms with E-state index in [0.717, 1.165) is 58.4 Å². The van der Waals surface area contributed by atoms with Crippen molar-refractivity contribution < 1.29 is 28.9 Å². The number of hydrogen-bond acceptors (Lipinski definition) is 6. The Morgan fingerprint density at radius 2 is 1.82 bits per heavy atom. The average Bonchev–Trinajstić information content (AvgIpc) is 3.10. The van der Waals surface area contributed by atoms with Crippen molar-refractivity contribution in [1.29, 1.82) is 0 Å². The Balaban J connectivity index is 1.41. The van der Waals surface area contributed by atoms with Gasteiger partial charge in [-0.15, -0.1) is 11.6 Å². The Bertz CT molecular complexity index is 1800. The first-order valence-electron chi connectivity index (χ1n) is 17.5. The van der Waals surface area contributed by atoms with Gasteiger partial charge >= 0.3 is 5.97 Å². The first-order valence-corrected chi connectivity index (χ1v) is 18.4. The summed E-state index contributed by atoms with van der Waals surface area (Å²) >= 11 is 12.7. The second-order valence-corrected chi connectivity index (χ2v) is 13.5. The maximum Gasteiger partial charge on any atom is 0.320 e. The van der Waals surface area contributed by atoms with Crippen molar-refractivity contribution in [3.05, 3.63) is 111 Å². The molecule has 2 aliphatic rings. The highest BCUT2D eigenvalue weighted by Crippen LogP contribution is 2.36. The predicted octanol–water partition coefficient (Wildman–Crippen LogP) is 8.64. The number of halogens is 2. The second-order valence-electron chi connectivity index (χ2n) is 12.8. The van der Waals surface area contributed by atoms with Crippen molar-refractivity contribution in [3.63, 3.8) is 0 Å². The first-order chi connectivity index (χ1) is 24.7. The molecule has 0 saturated carbocycles. The third kappa shape index (κ3) is 10.4. The summed E-state index contributed by atoms with van der Waals surface area (Å²) in [6.45, 7) is 5.86. The fraction of sp³-hybridized carbons (Fsp3) is 0.366. The molecule has 0 fully saturated rings. The second kappa shape index (κ2) is 18.8. The highest BCUT2D eigenvalue weighted by atomic mass is 35.5. The average molecular weight is 734 g/mol. The van der Waals surface area contributed by atoms with Gasteiger partial charge in [-0.05, 0) is 104 Å². The maximum atomic E-state index is 13.0. The monoisotopic (exact) mass is 732 g/mol. The molecule has 1 aliphatic carbocycles. The normalized spacial score (nSPS) is 19.8. The van der Waals surface area contributed by atoms with Gasteiger partial charge in [-0.1, -0.05) is 60.2 Å². The summed E-state index contributed by atoms with van der Waals surface area (Å²) in [6, 6.07) is 15.0. The minimum absolute atomic E-state index is 0.150. The Labute approximate surface area is 310 Å². The quantitative estimate of drug-likeness (QED) is 0.149. The number of aliphatic carboxylic acids is 1. The van der Waals surface area contributed by atoms with Crippen molar-refractivity contribution >= 4 is 35.1 Å². The van der Waals surface area contributed by atoms with E-state index in [1.54, 1.807) is 12.1 Å². The number of rotatable bonds is 9. The SMILES string of the molecule is Cc1c(COc2cc3c(cc2Cl)CNC(C(=O)O)CCCCNC(=O)C2=C\CC\C=C/C(=C\2)CO3)cccc1-c1cccc(OCCCCl)c1C. The van der Waals surface area contributed by atoms with E-state index in [1.807, 2.05) is 42.5 Å². The lowest BCUT2D eigenvalue weighted by Crippen LogP contribution is -2.36. The number of carboxylic acids is 1. The van der Waals surface area contributed by atoms with Crippen LogP contribution in [0.2, 0.25) is 5.02 Å². The van der Waals surface area contributed by atoms with E-state index in [2.05, 4.69) is 42.7 Å². The van der Waals surface area contributed by atoms with Crippen LogP contribution in [0, 0.1) is 13.8 Å². The van der Waals surface area contributed by atoms with E-state index in [-0.39, 0.29) is 25.7 Å². The summed E-state index contributed by atoms with van der Waals surface area (Å²) < 4.78 is 18.7. The molecule has 2 bridgehead atoms. The molecule has 8 nitrogen and oxygen atoms in total. The smallest absolute Gasteiger partial charge is 0.320 e. The van der Waals surface area contributed by atoms with Crippen LogP contribution in [0.25, 0.3) is 11.1 Å². The third-order valence-electron chi connectivity index (χ3n) is 9.12. The fourth-order valence-corrected chi connectivity index (χ4v) is 6.50. The van der Waals surface area contributed by atoms with Gasteiger partial charge in [0.1, 0.15) is 36.5 Å². The van der Waals surface area contributed by atoms with Gasteiger partial charge < -0.3 is 30.0 Å². The van der Waals surface area contributed by atoms with E-state index in [1.165, 1.54) is 0 Å². The van der Waals surface area contributed by atoms with E-state index < -0.39 is 12.0 Å². The summed E-state index contributed by atoms with van der Waals surface area (Å²) in [4.78, 5) is 25.1. The zero-order chi connectivity index (χ0) is 36.2. The highest BCUT2D eigenvalue weighted by Gasteiger charge is 2.20. The zero-order valence-corrected chi connectivity index (χ0v) is 30.7. The number of carboxylic acid groups (broad SMARTS) is 1. The number of benzene rings is 3. The third-order valence-corrected chi connectivity index (χ3v) is 9.69. The van der Waals surface area contributed by atoms with Crippen molar-refractivity contribution in [2.75, 3.05) is 25.6 Å². The van der Waals surface area contributed by atoms with Crippen molar-refractivity contribution in [1.82, 2.24) is 10.6 Å². The molecule has 1 unspecified atom stereocenters. The van der Waals surface area contributed by atoms with Gasteiger partial charge in [0.15, 0.2) is 0 Å². The van der Waals surface area contributed by atoms with Gasteiger partial charge in [0, 0.05) is 36.2 Å². The number of hydrogen-bond donors (Lipinski definition) is 3. The molecule has 3 aromatic rings. The number of ether oxygens (including phenoxy) is 3. The largest absolute Gasteiger partial charge is 0.493 e. The van der Waals surface area contributed by atoms with Gasteiger partial charge in [0.05, 0.1) is 11.6 Å². The lowest BCUT2D eigenvalue weighted by molar-refractivity contribution is -0.139. The highest BCUT2D eigenvalue weighted by molar-refractivity contribution is 6.32. The van der Waals surface area contributed by atoms with Gasteiger partial charge in [-0.2, -0.15) is 0 Å². The van der Waals surface area contributed by atoms with Crippen LogP contribution < -0.4 is 24.8 Å². The van der Waals surface area contributed by atoms with Crippen molar-refractivity contribution in [2.45, 2.75) is 71.6 Å². The van der Waals surface area contributed by atoms with Crippen LogP contribution in [0.5, 0.6) is 17.2 Å². The Kier molecular flexibility index (Phi) is 14.0. The van der Waals surface area contributed by atoms with Crippen LogP contribution in [0.4, 0.5) is 0 Å². The van der Waals surface area contributed by atoms with Gasteiger partial charge in [-0.25, -0.2) is 0 Å². The van der Waals surface area contributed by atoms with Crippen LogP contribution in [0.1, 0.15) is 60.8 Å². The van der Waals surface area contributed by atoms with E-state index >= 15 is 0 Å². The molecule has 0 spiro atoms. The van der Waals surface area contributed by atoms with Gasteiger partial charge in [0.25, 0.3) is 5.91 Å². The molecule has 0 saturated heterocycles. The van der Waals surface area contributed by atoms with E-state index in [4.69, 9.17) is 37.4 Å². The molecule has 1 aliphatic heterocycles. The Morgan fingerprint density at radius 3 is 2.63 bits per heavy atom. The number of allylic oxidation sites excluding steroid dienone is 2. The van der Waals surface area contributed by atoms with E-state index in [9.17, 15) is 14.7 Å². The number of amides is 1. The molecule has 10 heteroatoms. The standard InChI is InChI=1S/C41H46Cl2N2O6/c1-27-31(13-8-14-33(27)34-15-9-17-37(28(34)2)49-20-10-18-42)26-51-39-23-38-32(22-35(39)43)24-45-36(41(47)48)16-6-7-19-44-40(46)30-12-5-3-4-11-29(21-30)25-50-38/h4,8-9,11-15,17,21-23,36,45H,3,5-7,10,16,18-20,24-26H2,1-2H3,(H,44,46)(H,47,48)/b11-4-,29-21+,30-12-. The Hall–Kier alpha value is -4.24. The van der Waals surface area contributed by atoms with Crippen LogP contribution in [0.15, 0.2) is 84.0 Å². The van der Waals surface area contributed by atoms with Crippen LogP contribution in [0.3, 0.4) is 0 Å². The zero-order valence-electron chi connectivity index (χ0n) is 29.2. The number of alkyl halides is 1. The molecule has 5 rings (SSSR count). The molecular weight excluding hydrogens is 687 g/mol. The minimum Gasteiger partial charge on any atom is -0.493 e. The predicted molar refractivity (Wildman–Crippen MR) is 203 cm³/mol. The number of carbonyl (C=O) groups is 2. The molecular formula is C41H46Cl2N2O6. The first kappa shape index (κ1) is 38.0. The lowest BCUT2D eigenvalue weighted by atomic mass is 9.93. The lowest BCUT2D eigenvalue weighted by Gasteiger charge is -2.20. The summed E-state index contributed by atoms with van der Waals surface area (Å²) in [5.74, 6) is 1.26. The van der Waals surface area contributed by atoms with Gasteiger partial charge in [-0.3, -0.25) is 9.59 Å². The van der Waals surface area contributed by atoms with Crippen LogP contribution in [-0.2, 0) is 22.7 Å². The summed E-state index contributed by atoms with van der Waals surface area (Å²) in [5, 5.41) is 16.4. The van der Waals surface area contributed by atoms with Gasteiger partial charge in [0.2, 0.25) is 0 Å². The molecule has 1 atom stereocenters. The molecule has 1 heterocycles. The fourth-order valence-electron chi connectivity index (χ4n) is 6.15.